The second kappa shape index (κ2) is 4.51. The Morgan fingerprint density at radius 3 is 2.95 bits per heavy atom. The number of nitrogens with two attached hydrogens (primary N) is 2. The molecule has 1 aliphatic rings. The van der Waals surface area contributed by atoms with Crippen LogP contribution < -0.4 is 16.8 Å². The highest BCUT2D eigenvalue weighted by Crippen LogP contribution is 2.41. The van der Waals surface area contributed by atoms with Crippen molar-refractivity contribution < 1.29 is 4.79 Å². The van der Waals surface area contributed by atoms with Crippen molar-refractivity contribution >= 4 is 33.9 Å². The van der Waals surface area contributed by atoms with Crippen molar-refractivity contribution in [3.05, 3.63) is 28.9 Å². The van der Waals surface area contributed by atoms with Crippen LogP contribution in [0, 0.1) is 0 Å². The van der Waals surface area contributed by atoms with E-state index < -0.39 is 5.91 Å². The van der Waals surface area contributed by atoms with Gasteiger partial charge in [0.05, 0.1) is 23.1 Å². The number of thiazole rings is 1. The van der Waals surface area contributed by atoms with E-state index >= 15 is 0 Å². The fraction of sp³-hybridized carbons (Fsp3) is 0.250. The van der Waals surface area contributed by atoms with E-state index in [2.05, 4.69) is 15.3 Å². The first-order valence-electron chi connectivity index (χ1n) is 5.91. The number of amides is 1. The molecule has 2 aromatic heterocycles. The molecule has 0 unspecified atom stereocenters. The number of nitrogen functional groups attached to an aromatic ring is 1. The van der Waals surface area contributed by atoms with E-state index in [0.29, 0.717) is 11.7 Å². The fourth-order valence-electron chi connectivity index (χ4n) is 1.77. The highest BCUT2D eigenvalue weighted by molar-refractivity contribution is 7.13. The lowest BCUT2D eigenvalue weighted by Crippen LogP contribution is -2.14. The molecule has 98 valence electrons. The summed E-state index contributed by atoms with van der Waals surface area (Å²) in [4.78, 5) is 19.8. The Kier molecular flexibility index (Phi) is 2.83. The van der Waals surface area contributed by atoms with Crippen LogP contribution in [0.25, 0.3) is 0 Å². The minimum atomic E-state index is -0.569. The molecular formula is C12H13N5OS. The summed E-state index contributed by atoms with van der Waals surface area (Å²) in [6.07, 6.45) is 3.85. The van der Waals surface area contributed by atoms with Crippen LogP contribution in [-0.2, 0) is 0 Å². The van der Waals surface area contributed by atoms with Gasteiger partial charge in [-0.2, -0.15) is 0 Å². The lowest BCUT2D eigenvalue weighted by Gasteiger charge is -2.05. The molecule has 0 atom stereocenters. The number of nitrogens with zero attached hydrogens (tertiary/aromatic N) is 2. The number of aromatic nitrogens is 2. The summed E-state index contributed by atoms with van der Waals surface area (Å²) >= 11 is 1.52. The Labute approximate surface area is 113 Å². The van der Waals surface area contributed by atoms with Gasteiger partial charge in [-0.3, -0.25) is 4.79 Å². The highest BCUT2D eigenvalue weighted by atomic mass is 32.1. The maximum Gasteiger partial charge on any atom is 0.250 e. The van der Waals surface area contributed by atoms with E-state index in [1.807, 2.05) is 5.38 Å². The second-order valence-electron chi connectivity index (χ2n) is 4.50. The quantitative estimate of drug-likeness (QED) is 0.789. The molecule has 0 bridgehead atoms. The van der Waals surface area contributed by atoms with E-state index in [1.165, 1.54) is 36.4 Å². The van der Waals surface area contributed by atoms with Crippen molar-refractivity contribution in [2.45, 2.75) is 18.8 Å². The molecule has 0 radical (unpaired) electrons. The average molecular weight is 275 g/mol. The van der Waals surface area contributed by atoms with Gasteiger partial charge in [0.25, 0.3) is 5.91 Å². The third-order valence-electron chi connectivity index (χ3n) is 2.95. The number of anilines is 3. The van der Waals surface area contributed by atoms with Gasteiger partial charge in [0.15, 0.2) is 5.13 Å². The SMILES string of the molecule is NC(=O)c1cc(Nc2nc(C3CC3)cs2)ncc1N. The zero-order valence-corrected chi connectivity index (χ0v) is 10.9. The van der Waals surface area contributed by atoms with Gasteiger partial charge in [0.2, 0.25) is 0 Å². The van der Waals surface area contributed by atoms with Gasteiger partial charge in [0.1, 0.15) is 5.82 Å². The molecule has 2 aromatic rings. The van der Waals surface area contributed by atoms with Crippen LogP contribution in [-0.4, -0.2) is 15.9 Å². The molecule has 3 rings (SSSR count). The van der Waals surface area contributed by atoms with Crippen LogP contribution in [0.2, 0.25) is 0 Å². The standard InChI is InChI=1S/C12H13N5OS/c13-8-4-15-10(3-7(8)11(14)18)17-12-16-9(5-19-12)6-1-2-6/h3-6H,1-2,13H2,(H2,14,18)(H,15,16,17). The molecule has 1 aliphatic carbocycles. The summed E-state index contributed by atoms with van der Waals surface area (Å²) in [6, 6.07) is 1.54. The third kappa shape index (κ3) is 2.50. The number of pyridine rings is 1. The number of nitrogens with one attached hydrogen (secondary N) is 1. The van der Waals surface area contributed by atoms with E-state index in [0.717, 1.165) is 10.8 Å². The van der Waals surface area contributed by atoms with E-state index in [-0.39, 0.29) is 11.3 Å². The summed E-state index contributed by atoms with van der Waals surface area (Å²) in [6.45, 7) is 0. The Morgan fingerprint density at radius 1 is 1.47 bits per heavy atom. The minimum absolute atomic E-state index is 0.261. The first kappa shape index (κ1) is 11.9. The molecule has 5 N–H and O–H groups in total. The summed E-state index contributed by atoms with van der Waals surface area (Å²) in [5, 5.41) is 5.87. The van der Waals surface area contributed by atoms with Crippen molar-refractivity contribution in [1.29, 1.82) is 0 Å². The molecule has 0 spiro atoms. The molecule has 6 nitrogen and oxygen atoms in total. The summed E-state index contributed by atoms with van der Waals surface area (Å²) < 4.78 is 0. The van der Waals surface area contributed by atoms with Crippen LogP contribution in [0.1, 0.15) is 34.8 Å². The normalized spacial score (nSPS) is 14.3. The lowest BCUT2D eigenvalue weighted by molar-refractivity contribution is 0.100. The first-order valence-corrected chi connectivity index (χ1v) is 6.79. The number of hydrogen-bond donors (Lipinski definition) is 3. The van der Waals surface area contributed by atoms with Crippen molar-refractivity contribution in [3.8, 4) is 0 Å². The molecule has 1 amide bonds. The van der Waals surface area contributed by atoms with Gasteiger partial charge in [0, 0.05) is 11.3 Å². The molecule has 0 aliphatic heterocycles. The van der Waals surface area contributed by atoms with Crippen LogP contribution in [0.5, 0.6) is 0 Å². The molecule has 19 heavy (non-hydrogen) atoms. The second-order valence-corrected chi connectivity index (χ2v) is 5.36. The Hall–Kier alpha value is -2.15. The van der Waals surface area contributed by atoms with E-state index in [9.17, 15) is 4.79 Å². The summed E-state index contributed by atoms with van der Waals surface area (Å²) in [7, 11) is 0. The average Bonchev–Trinajstić information content (AvgIpc) is 3.12. The molecule has 1 fully saturated rings. The Bertz CT molecular complexity index is 635. The molecule has 1 saturated carbocycles. The van der Waals surface area contributed by atoms with Crippen molar-refractivity contribution in [2.24, 2.45) is 5.73 Å². The molecule has 2 heterocycles. The monoisotopic (exact) mass is 275 g/mol. The van der Waals surface area contributed by atoms with E-state index in [1.54, 1.807) is 0 Å². The zero-order valence-electron chi connectivity index (χ0n) is 10.1. The summed E-state index contributed by atoms with van der Waals surface area (Å²) in [5.41, 5.74) is 12.5. The van der Waals surface area contributed by atoms with E-state index in [4.69, 9.17) is 11.5 Å². The molecular weight excluding hydrogens is 262 g/mol. The van der Waals surface area contributed by atoms with Crippen molar-refractivity contribution in [2.75, 3.05) is 11.1 Å². The van der Waals surface area contributed by atoms with Crippen molar-refractivity contribution in [1.82, 2.24) is 9.97 Å². The van der Waals surface area contributed by atoms with Gasteiger partial charge in [-0.15, -0.1) is 11.3 Å². The highest BCUT2D eigenvalue weighted by Gasteiger charge is 2.26. The molecule has 7 heteroatoms. The van der Waals surface area contributed by atoms with Gasteiger partial charge in [-0.1, -0.05) is 0 Å². The fourth-order valence-corrected chi connectivity index (χ4v) is 2.57. The minimum Gasteiger partial charge on any atom is -0.397 e. The van der Waals surface area contributed by atoms with Crippen molar-refractivity contribution in [3.63, 3.8) is 0 Å². The van der Waals surface area contributed by atoms with Crippen LogP contribution >= 0.6 is 11.3 Å². The van der Waals surface area contributed by atoms with Gasteiger partial charge in [-0.25, -0.2) is 9.97 Å². The topological polar surface area (TPSA) is 107 Å². The predicted octanol–water partition coefficient (Wildman–Crippen LogP) is 1.84. The van der Waals surface area contributed by atoms with Gasteiger partial charge < -0.3 is 16.8 Å². The maximum absolute atomic E-state index is 11.2. The van der Waals surface area contributed by atoms with Gasteiger partial charge in [-0.05, 0) is 18.9 Å². The Balaban J connectivity index is 1.81. The van der Waals surface area contributed by atoms with Crippen LogP contribution in [0.3, 0.4) is 0 Å². The lowest BCUT2D eigenvalue weighted by atomic mass is 10.2. The predicted molar refractivity (Wildman–Crippen MR) is 74.5 cm³/mol. The zero-order chi connectivity index (χ0) is 13.4. The van der Waals surface area contributed by atoms with Crippen LogP contribution in [0.15, 0.2) is 17.6 Å². The number of primary amides is 1. The van der Waals surface area contributed by atoms with Crippen LogP contribution in [0.4, 0.5) is 16.6 Å². The smallest absolute Gasteiger partial charge is 0.250 e. The first-order chi connectivity index (χ1) is 9.13. The molecule has 0 saturated heterocycles. The largest absolute Gasteiger partial charge is 0.397 e. The number of carbonyl (C=O) groups is 1. The number of hydrogen-bond acceptors (Lipinski definition) is 6. The number of rotatable bonds is 4. The third-order valence-corrected chi connectivity index (χ3v) is 3.73. The number of carbonyl (C=O) groups excluding carboxylic acids is 1. The maximum atomic E-state index is 11.2. The van der Waals surface area contributed by atoms with Gasteiger partial charge >= 0.3 is 0 Å². The Morgan fingerprint density at radius 2 is 2.26 bits per heavy atom. The summed E-state index contributed by atoms with van der Waals surface area (Å²) in [5.74, 6) is 0.563. The molecule has 0 aromatic carbocycles.